The fourth-order valence-corrected chi connectivity index (χ4v) is 1.74. The van der Waals surface area contributed by atoms with Gasteiger partial charge in [0, 0.05) is 12.0 Å². The summed E-state index contributed by atoms with van der Waals surface area (Å²) in [7, 11) is 0. The fourth-order valence-electron chi connectivity index (χ4n) is 1.74. The summed E-state index contributed by atoms with van der Waals surface area (Å²) >= 11 is 0. The Morgan fingerprint density at radius 1 is 1.43 bits per heavy atom. The van der Waals surface area contributed by atoms with Crippen molar-refractivity contribution in [3.63, 3.8) is 0 Å². The SMILES string of the molecule is C/C=C(\C)C(=O)O[C@H](/C=C/[C@@H](O)[C@H](C)O)[C@H]1CCC(=O)O1. The molecule has 1 aliphatic rings. The molecule has 1 saturated heterocycles. The van der Waals surface area contributed by atoms with Crippen LogP contribution in [0.5, 0.6) is 0 Å². The Kier molecular flexibility index (Phi) is 6.58. The summed E-state index contributed by atoms with van der Waals surface area (Å²) in [5, 5.41) is 18.8. The fraction of sp³-hybridized carbons (Fsp3) is 0.600. The minimum Gasteiger partial charge on any atom is -0.458 e. The van der Waals surface area contributed by atoms with Crippen molar-refractivity contribution in [3.05, 3.63) is 23.8 Å². The molecule has 0 aliphatic carbocycles. The average Bonchev–Trinajstić information content (AvgIpc) is 2.87. The number of allylic oxidation sites excluding steroid dienone is 1. The van der Waals surface area contributed by atoms with Crippen LogP contribution in [0, 0.1) is 0 Å². The summed E-state index contributed by atoms with van der Waals surface area (Å²) in [5.74, 6) is -0.852. The van der Waals surface area contributed by atoms with E-state index < -0.39 is 30.4 Å². The van der Waals surface area contributed by atoms with Crippen LogP contribution >= 0.6 is 0 Å². The molecule has 0 aromatic heterocycles. The van der Waals surface area contributed by atoms with E-state index in [0.717, 1.165) is 0 Å². The summed E-state index contributed by atoms with van der Waals surface area (Å²) in [4.78, 5) is 23.0. The van der Waals surface area contributed by atoms with Crippen molar-refractivity contribution in [3.8, 4) is 0 Å². The van der Waals surface area contributed by atoms with Crippen LogP contribution in [0.25, 0.3) is 0 Å². The summed E-state index contributed by atoms with van der Waals surface area (Å²) < 4.78 is 10.4. The molecule has 0 unspecified atom stereocenters. The van der Waals surface area contributed by atoms with Gasteiger partial charge in [-0.3, -0.25) is 4.79 Å². The molecule has 21 heavy (non-hydrogen) atoms. The van der Waals surface area contributed by atoms with Crippen molar-refractivity contribution in [2.24, 2.45) is 0 Å². The minimum absolute atomic E-state index is 0.272. The van der Waals surface area contributed by atoms with Gasteiger partial charge in [0.2, 0.25) is 0 Å². The quantitative estimate of drug-likeness (QED) is 0.429. The molecule has 0 aromatic carbocycles. The third-order valence-corrected chi connectivity index (χ3v) is 3.27. The van der Waals surface area contributed by atoms with Gasteiger partial charge in [-0.15, -0.1) is 0 Å². The van der Waals surface area contributed by atoms with Crippen LogP contribution in [0.3, 0.4) is 0 Å². The van der Waals surface area contributed by atoms with E-state index in [1.807, 2.05) is 0 Å². The summed E-state index contributed by atoms with van der Waals surface area (Å²) in [6.07, 6.45) is 1.74. The van der Waals surface area contributed by atoms with Crippen LogP contribution in [0.1, 0.15) is 33.6 Å². The lowest BCUT2D eigenvalue weighted by Gasteiger charge is -2.20. The molecular weight excluding hydrogens is 276 g/mol. The van der Waals surface area contributed by atoms with Gasteiger partial charge >= 0.3 is 11.9 Å². The summed E-state index contributed by atoms with van der Waals surface area (Å²) in [6, 6.07) is 0. The average molecular weight is 298 g/mol. The van der Waals surface area contributed by atoms with Gasteiger partial charge in [-0.1, -0.05) is 12.2 Å². The number of esters is 2. The van der Waals surface area contributed by atoms with Gasteiger partial charge in [0.1, 0.15) is 6.10 Å². The first-order valence-electron chi connectivity index (χ1n) is 6.93. The summed E-state index contributed by atoms with van der Waals surface area (Å²) in [5.41, 5.74) is 0.439. The van der Waals surface area contributed by atoms with Crippen molar-refractivity contribution in [1.82, 2.24) is 0 Å². The standard InChI is InChI=1S/C15H22O6/c1-4-9(2)15(19)21-13(6-5-11(17)10(3)16)12-7-8-14(18)20-12/h4-6,10-13,16-17H,7-8H2,1-3H3/b6-5+,9-4+/t10-,11+,12+,13+/m0/s1. The second-order valence-corrected chi connectivity index (χ2v) is 5.02. The molecule has 4 atom stereocenters. The van der Waals surface area contributed by atoms with E-state index in [-0.39, 0.29) is 12.4 Å². The van der Waals surface area contributed by atoms with Crippen molar-refractivity contribution >= 4 is 11.9 Å². The van der Waals surface area contributed by atoms with Crippen LogP contribution in [0.2, 0.25) is 0 Å². The van der Waals surface area contributed by atoms with Gasteiger partial charge in [0.25, 0.3) is 0 Å². The van der Waals surface area contributed by atoms with Crippen molar-refractivity contribution < 1.29 is 29.3 Å². The zero-order valence-corrected chi connectivity index (χ0v) is 12.5. The molecular formula is C15H22O6. The van der Waals surface area contributed by atoms with E-state index in [0.29, 0.717) is 12.0 Å². The Morgan fingerprint density at radius 3 is 2.57 bits per heavy atom. The predicted octanol–water partition coefficient (Wildman–Crippen LogP) is 0.868. The number of cyclic esters (lactones) is 1. The first-order valence-corrected chi connectivity index (χ1v) is 6.93. The third-order valence-electron chi connectivity index (χ3n) is 3.27. The first-order chi connectivity index (χ1) is 9.85. The Balaban J connectivity index is 2.79. The van der Waals surface area contributed by atoms with E-state index in [1.165, 1.54) is 19.1 Å². The number of carbonyl (C=O) groups is 2. The van der Waals surface area contributed by atoms with Crippen LogP contribution in [0.15, 0.2) is 23.8 Å². The first kappa shape index (κ1) is 17.4. The zero-order chi connectivity index (χ0) is 16.0. The van der Waals surface area contributed by atoms with Gasteiger partial charge in [-0.25, -0.2) is 4.79 Å². The highest BCUT2D eigenvalue weighted by molar-refractivity contribution is 5.87. The van der Waals surface area contributed by atoms with Crippen LogP contribution < -0.4 is 0 Å². The van der Waals surface area contributed by atoms with E-state index in [1.54, 1.807) is 19.9 Å². The Morgan fingerprint density at radius 2 is 2.10 bits per heavy atom. The van der Waals surface area contributed by atoms with Gasteiger partial charge in [-0.2, -0.15) is 0 Å². The van der Waals surface area contributed by atoms with Crippen LogP contribution in [-0.2, 0) is 19.1 Å². The number of ether oxygens (including phenoxy) is 2. The highest BCUT2D eigenvalue weighted by Gasteiger charge is 2.32. The van der Waals surface area contributed by atoms with Crippen molar-refractivity contribution in [2.75, 3.05) is 0 Å². The molecule has 2 N–H and O–H groups in total. The van der Waals surface area contributed by atoms with Crippen LogP contribution in [-0.4, -0.2) is 46.6 Å². The molecule has 118 valence electrons. The van der Waals surface area contributed by atoms with Gasteiger partial charge < -0.3 is 19.7 Å². The lowest BCUT2D eigenvalue weighted by atomic mass is 10.1. The molecule has 0 saturated carbocycles. The number of rotatable bonds is 6. The minimum atomic E-state index is -1.08. The molecule has 6 heteroatoms. The smallest absolute Gasteiger partial charge is 0.334 e. The highest BCUT2D eigenvalue weighted by atomic mass is 16.6. The second kappa shape index (κ2) is 7.95. The maximum Gasteiger partial charge on any atom is 0.334 e. The summed E-state index contributed by atoms with van der Waals surface area (Å²) in [6.45, 7) is 4.78. The molecule has 1 aliphatic heterocycles. The van der Waals surface area contributed by atoms with E-state index in [2.05, 4.69) is 0 Å². The van der Waals surface area contributed by atoms with Crippen LogP contribution in [0.4, 0.5) is 0 Å². The number of hydrogen-bond donors (Lipinski definition) is 2. The van der Waals surface area contributed by atoms with Crippen molar-refractivity contribution in [1.29, 1.82) is 0 Å². The number of carbonyl (C=O) groups excluding carboxylic acids is 2. The largest absolute Gasteiger partial charge is 0.458 e. The topological polar surface area (TPSA) is 93.1 Å². The molecule has 0 spiro atoms. The molecule has 0 aromatic rings. The predicted molar refractivity (Wildman–Crippen MR) is 75.3 cm³/mol. The highest BCUT2D eigenvalue weighted by Crippen LogP contribution is 2.21. The van der Waals surface area contributed by atoms with E-state index >= 15 is 0 Å². The molecule has 0 amide bonds. The lowest BCUT2D eigenvalue weighted by Crippen LogP contribution is -2.31. The maximum absolute atomic E-state index is 11.8. The molecule has 0 radical (unpaired) electrons. The number of aliphatic hydroxyl groups excluding tert-OH is 2. The normalized spacial score (nSPS) is 23.8. The van der Waals surface area contributed by atoms with Gasteiger partial charge in [0.05, 0.1) is 12.2 Å². The van der Waals surface area contributed by atoms with Crippen molar-refractivity contribution in [2.45, 2.75) is 58.0 Å². The molecule has 1 fully saturated rings. The second-order valence-electron chi connectivity index (χ2n) is 5.02. The monoisotopic (exact) mass is 298 g/mol. The maximum atomic E-state index is 11.8. The number of aliphatic hydroxyl groups is 2. The molecule has 1 heterocycles. The Labute approximate surface area is 124 Å². The van der Waals surface area contributed by atoms with Gasteiger partial charge in [0.15, 0.2) is 6.10 Å². The molecule has 1 rings (SSSR count). The molecule has 0 bridgehead atoms. The Hall–Kier alpha value is -1.66. The van der Waals surface area contributed by atoms with E-state index in [9.17, 15) is 19.8 Å². The molecule has 6 nitrogen and oxygen atoms in total. The number of hydrogen-bond acceptors (Lipinski definition) is 6. The van der Waals surface area contributed by atoms with E-state index in [4.69, 9.17) is 9.47 Å². The van der Waals surface area contributed by atoms with Gasteiger partial charge in [-0.05, 0) is 33.3 Å². The zero-order valence-electron chi connectivity index (χ0n) is 12.5. The lowest BCUT2D eigenvalue weighted by molar-refractivity contribution is -0.155. The Bertz CT molecular complexity index is 437. The third kappa shape index (κ3) is 5.32.